The van der Waals surface area contributed by atoms with Gasteiger partial charge in [0, 0.05) is 11.3 Å². The quantitative estimate of drug-likeness (QED) is 0.726. The van der Waals surface area contributed by atoms with Crippen molar-refractivity contribution in [2.75, 3.05) is 5.32 Å². The Bertz CT molecular complexity index is 660. The van der Waals surface area contributed by atoms with Gasteiger partial charge in [-0.05, 0) is 24.3 Å². The van der Waals surface area contributed by atoms with Gasteiger partial charge in [-0.1, -0.05) is 0 Å². The maximum atomic E-state index is 11.7. The molecule has 2 aromatic heterocycles. The van der Waals surface area contributed by atoms with Gasteiger partial charge in [-0.3, -0.25) is 4.79 Å². The Hall–Kier alpha value is -3.03. The Labute approximate surface area is 106 Å². The lowest BCUT2D eigenvalue weighted by Crippen LogP contribution is -2.12. The minimum absolute atomic E-state index is 0.223. The number of aromatic nitrogens is 5. The molecule has 0 fully saturated rings. The van der Waals surface area contributed by atoms with Crippen molar-refractivity contribution >= 4 is 11.6 Å². The molecule has 0 radical (unpaired) electrons. The predicted molar refractivity (Wildman–Crippen MR) is 64.1 cm³/mol. The highest BCUT2D eigenvalue weighted by molar-refractivity contribution is 6.02. The number of rotatable bonds is 3. The van der Waals surface area contributed by atoms with Crippen LogP contribution in [-0.4, -0.2) is 31.5 Å². The third kappa shape index (κ3) is 2.32. The molecule has 0 saturated carbocycles. The highest BCUT2D eigenvalue weighted by Gasteiger charge is 2.09. The number of carbonyl (C=O) groups excluding carboxylic acids is 1. The Kier molecular flexibility index (Phi) is 2.73. The van der Waals surface area contributed by atoms with E-state index in [-0.39, 0.29) is 11.6 Å². The van der Waals surface area contributed by atoms with Gasteiger partial charge in [-0.15, -0.1) is 10.2 Å². The van der Waals surface area contributed by atoms with E-state index in [0.29, 0.717) is 11.6 Å². The Morgan fingerprint density at radius 2 is 2.11 bits per heavy atom. The summed E-state index contributed by atoms with van der Waals surface area (Å²) in [6, 6.07) is 7.01. The summed E-state index contributed by atoms with van der Waals surface area (Å²) in [6.07, 6.45) is 2.61. The highest BCUT2D eigenvalue weighted by atomic mass is 16.4. The second kappa shape index (κ2) is 4.69. The van der Waals surface area contributed by atoms with Crippen molar-refractivity contribution in [2.45, 2.75) is 0 Å². The molecule has 3 aromatic rings. The fraction of sp³-hybridized carbons (Fsp3) is 0. The van der Waals surface area contributed by atoms with Crippen molar-refractivity contribution in [3.05, 3.63) is 42.5 Å². The maximum absolute atomic E-state index is 11.7. The summed E-state index contributed by atoms with van der Waals surface area (Å²) in [4.78, 5) is 11.7. The number of amides is 1. The molecular formula is C11H8N6O2. The van der Waals surface area contributed by atoms with Crippen LogP contribution in [0.2, 0.25) is 0 Å². The van der Waals surface area contributed by atoms with E-state index in [0.717, 1.165) is 5.56 Å². The molecule has 0 aliphatic carbocycles. The smallest absolute Gasteiger partial charge is 0.277 e. The summed E-state index contributed by atoms with van der Waals surface area (Å²) in [5.74, 6) is 0.0914. The van der Waals surface area contributed by atoms with E-state index in [9.17, 15) is 4.79 Å². The first-order valence-electron chi connectivity index (χ1n) is 5.36. The lowest BCUT2D eigenvalue weighted by molar-refractivity contribution is 0.102. The minimum Gasteiger partial charge on any atom is -0.423 e. The first-order chi connectivity index (χ1) is 9.33. The van der Waals surface area contributed by atoms with Gasteiger partial charge in [0.25, 0.3) is 5.91 Å². The summed E-state index contributed by atoms with van der Waals surface area (Å²) in [5, 5.41) is 19.7. The summed E-state index contributed by atoms with van der Waals surface area (Å²) >= 11 is 0. The summed E-state index contributed by atoms with van der Waals surface area (Å²) in [5.41, 5.74) is 1.63. The van der Waals surface area contributed by atoms with Gasteiger partial charge in [-0.25, -0.2) is 0 Å². The predicted octanol–water partition coefficient (Wildman–Crippen LogP) is 1.11. The molecule has 0 saturated heterocycles. The van der Waals surface area contributed by atoms with Crippen LogP contribution in [-0.2, 0) is 0 Å². The van der Waals surface area contributed by atoms with Crippen LogP contribution < -0.4 is 5.32 Å². The van der Waals surface area contributed by atoms with Crippen LogP contribution in [0.4, 0.5) is 5.69 Å². The Morgan fingerprint density at radius 1 is 1.26 bits per heavy atom. The topological polar surface area (TPSA) is 110 Å². The number of H-pyrrole nitrogens is 1. The van der Waals surface area contributed by atoms with Crippen molar-refractivity contribution in [1.82, 2.24) is 25.6 Å². The number of anilines is 1. The van der Waals surface area contributed by atoms with E-state index in [1.54, 1.807) is 24.3 Å². The maximum Gasteiger partial charge on any atom is 0.277 e. The SMILES string of the molecule is O=C(Nc1ccc(-c2nnco2)cc1)c1cn[nH]n1. The van der Waals surface area contributed by atoms with Crippen LogP contribution in [0.5, 0.6) is 0 Å². The zero-order valence-electron chi connectivity index (χ0n) is 9.57. The van der Waals surface area contributed by atoms with Crippen LogP contribution in [0.25, 0.3) is 11.5 Å². The van der Waals surface area contributed by atoms with Crippen molar-refractivity contribution < 1.29 is 9.21 Å². The van der Waals surface area contributed by atoms with Crippen molar-refractivity contribution in [3.8, 4) is 11.5 Å². The average Bonchev–Trinajstić information content (AvgIpc) is 3.13. The number of nitrogens with zero attached hydrogens (tertiary/aromatic N) is 4. The number of carbonyl (C=O) groups is 1. The molecule has 94 valence electrons. The summed E-state index contributed by atoms with van der Waals surface area (Å²) in [7, 11) is 0. The Morgan fingerprint density at radius 3 is 2.74 bits per heavy atom. The van der Waals surface area contributed by atoms with Gasteiger partial charge >= 0.3 is 0 Å². The minimum atomic E-state index is -0.334. The van der Waals surface area contributed by atoms with Gasteiger partial charge in [0.1, 0.15) is 0 Å². The third-order valence-electron chi connectivity index (χ3n) is 2.40. The standard InChI is InChI=1S/C11H8N6O2/c18-10(9-5-12-17-15-9)14-8-3-1-7(2-4-8)11-16-13-6-19-11/h1-6H,(H,14,18)(H,12,15,17). The van der Waals surface area contributed by atoms with Gasteiger partial charge in [0.15, 0.2) is 5.69 Å². The number of aromatic amines is 1. The summed E-state index contributed by atoms with van der Waals surface area (Å²) < 4.78 is 5.07. The molecule has 0 unspecified atom stereocenters. The number of nitrogens with one attached hydrogen (secondary N) is 2. The van der Waals surface area contributed by atoms with E-state index < -0.39 is 0 Å². The molecule has 8 nitrogen and oxygen atoms in total. The number of hydrogen-bond acceptors (Lipinski definition) is 6. The molecule has 19 heavy (non-hydrogen) atoms. The molecule has 0 spiro atoms. The second-order valence-electron chi connectivity index (χ2n) is 3.63. The molecule has 1 amide bonds. The van der Waals surface area contributed by atoms with Crippen LogP contribution in [0.3, 0.4) is 0 Å². The molecule has 0 aliphatic heterocycles. The lowest BCUT2D eigenvalue weighted by atomic mass is 10.2. The highest BCUT2D eigenvalue weighted by Crippen LogP contribution is 2.19. The van der Waals surface area contributed by atoms with E-state index in [2.05, 4.69) is 30.9 Å². The van der Waals surface area contributed by atoms with Crippen molar-refractivity contribution in [3.63, 3.8) is 0 Å². The van der Waals surface area contributed by atoms with Gasteiger partial charge in [-0.2, -0.15) is 15.4 Å². The molecule has 2 N–H and O–H groups in total. The zero-order chi connectivity index (χ0) is 13.1. The van der Waals surface area contributed by atoms with Crippen LogP contribution in [0, 0.1) is 0 Å². The van der Waals surface area contributed by atoms with Gasteiger partial charge < -0.3 is 9.73 Å². The summed E-state index contributed by atoms with van der Waals surface area (Å²) in [6.45, 7) is 0. The van der Waals surface area contributed by atoms with Crippen LogP contribution >= 0.6 is 0 Å². The zero-order valence-corrected chi connectivity index (χ0v) is 9.57. The lowest BCUT2D eigenvalue weighted by Gasteiger charge is -2.03. The molecule has 0 atom stereocenters. The molecule has 2 heterocycles. The molecule has 3 rings (SSSR count). The first kappa shape index (κ1) is 11.1. The van der Waals surface area contributed by atoms with Crippen molar-refractivity contribution in [1.29, 1.82) is 0 Å². The van der Waals surface area contributed by atoms with E-state index in [1.165, 1.54) is 12.6 Å². The van der Waals surface area contributed by atoms with Crippen LogP contribution in [0.1, 0.15) is 10.5 Å². The third-order valence-corrected chi connectivity index (χ3v) is 2.40. The normalized spacial score (nSPS) is 10.3. The molecule has 8 heteroatoms. The van der Waals surface area contributed by atoms with E-state index >= 15 is 0 Å². The monoisotopic (exact) mass is 256 g/mol. The van der Waals surface area contributed by atoms with Crippen molar-refractivity contribution in [2.24, 2.45) is 0 Å². The number of benzene rings is 1. The molecule has 0 bridgehead atoms. The fourth-order valence-corrected chi connectivity index (χ4v) is 1.50. The van der Waals surface area contributed by atoms with E-state index in [4.69, 9.17) is 4.42 Å². The number of hydrogen-bond donors (Lipinski definition) is 2. The molecular weight excluding hydrogens is 248 g/mol. The van der Waals surface area contributed by atoms with Crippen LogP contribution in [0.15, 0.2) is 41.3 Å². The fourth-order valence-electron chi connectivity index (χ4n) is 1.50. The Balaban J connectivity index is 1.75. The van der Waals surface area contributed by atoms with Gasteiger partial charge in [0.05, 0.1) is 6.20 Å². The molecule has 0 aliphatic rings. The van der Waals surface area contributed by atoms with E-state index in [1.807, 2.05) is 0 Å². The largest absolute Gasteiger partial charge is 0.423 e. The first-order valence-corrected chi connectivity index (χ1v) is 5.36. The molecule has 1 aromatic carbocycles. The average molecular weight is 256 g/mol. The van der Waals surface area contributed by atoms with Gasteiger partial charge in [0.2, 0.25) is 12.3 Å². The second-order valence-corrected chi connectivity index (χ2v) is 3.63.